The number of hydrogen-bond donors (Lipinski definition) is 1. The van der Waals surface area contributed by atoms with Crippen LogP contribution in [0.4, 0.5) is 13.2 Å². The molecule has 0 aliphatic carbocycles. The van der Waals surface area contributed by atoms with Crippen molar-refractivity contribution >= 4 is 15.9 Å². The Labute approximate surface area is 177 Å². The summed E-state index contributed by atoms with van der Waals surface area (Å²) >= 11 is 0. The van der Waals surface area contributed by atoms with E-state index in [-0.39, 0.29) is 26.2 Å². The van der Waals surface area contributed by atoms with Gasteiger partial charge in [-0.15, -0.1) is 0 Å². The second-order valence-corrected chi connectivity index (χ2v) is 9.45. The Kier molecular flexibility index (Phi) is 5.40. The molecule has 10 heteroatoms. The topological polar surface area (TPSA) is 77.9 Å². The molecule has 2 heterocycles. The monoisotopic (exact) mass is 452 g/mol. The van der Waals surface area contributed by atoms with Crippen LogP contribution in [0.3, 0.4) is 0 Å². The van der Waals surface area contributed by atoms with Crippen molar-refractivity contribution in [2.45, 2.75) is 17.2 Å². The maximum absolute atomic E-state index is 13.0. The Bertz CT molecular complexity index is 1130. The molecule has 164 valence electrons. The van der Waals surface area contributed by atoms with Crippen molar-refractivity contribution < 1.29 is 31.5 Å². The number of nitrogens with zero attached hydrogens (tertiary/aromatic N) is 2. The number of aliphatic hydroxyl groups excluding tert-OH is 1. The lowest BCUT2D eigenvalue weighted by molar-refractivity contribution is -0.139. The number of hydrogen-bond acceptors (Lipinski definition) is 4. The van der Waals surface area contributed by atoms with Crippen molar-refractivity contribution in [1.29, 1.82) is 0 Å². The molecular weight excluding hydrogens is 433 g/mol. The largest absolute Gasteiger partial charge is 0.416 e. The van der Waals surface area contributed by atoms with Gasteiger partial charge in [-0.1, -0.05) is 36.4 Å². The van der Waals surface area contributed by atoms with E-state index in [1.54, 1.807) is 30.3 Å². The van der Waals surface area contributed by atoms with Crippen LogP contribution < -0.4 is 0 Å². The van der Waals surface area contributed by atoms with E-state index in [1.807, 2.05) is 0 Å². The van der Waals surface area contributed by atoms with Crippen LogP contribution in [-0.4, -0.2) is 54.8 Å². The minimum absolute atomic E-state index is 0.000869. The fraction of sp³-hybridized carbons (Fsp3) is 0.286. The summed E-state index contributed by atoms with van der Waals surface area (Å²) < 4.78 is 65.7. The highest BCUT2D eigenvalue weighted by Gasteiger charge is 2.39. The van der Waals surface area contributed by atoms with E-state index < -0.39 is 38.7 Å². The molecule has 0 fully saturated rings. The summed E-state index contributed by atoms with van der Waals surface area (Å²) in [6, 6.07) is 12.1. The molecule has 0 bridgehead atoms. The van der Waals surface area contributed by atoms with Gasteiger partial charge in [-0.3, -0.25) is 4.79 Å². The van der Waals surface area contributed by atoms with Crippen LogP contribution in [-0.2, 0) is 21.0 Å². The molecule has 0 radical (unpaired) electrons. The van der Waals surface area contributed by atoms with Gasteiger partial charge in [0.25, 0.3) is 5.91 Å². The van der Waals surface area contributed by atoms with E-state index >= 15 is 0 Å². The van der Waals surface area contributed by atoms with Crippen LogP contribution in [0.1, 0.15) is 17.2 Å². The number of halogens is 3. The highest BCUT2D eigenvalue weighted by Crippen LogP contribution is 2.34. The highest BCUT2D eigenvalue weighted by molar-refractivity contribution is 7.89. The molecule has 1 N–H and O–H groups in total. The van der Waals surface area contributed by atoms with E-state index in [0.717, 1.165) is 33.7 Å². The van der Waals surface area contributed by atoms with Crippen LogP contribution in [0, 0.1) is 0 Å². The first-order valence-electron chi connectivity index (χ1n) is 9.46. The molecule has 31 heavy (non-hydrogen) atoms. The van der Waals surface area contributed by atoms with Crippen molar-refractivity contribution in [2.75, 3.05) is 26.2 Å². The van der Waals surface area contributed by atoms with E-state index in [2.05, 4.69) is 0 Å². The minimum Gasteiger partial charge on any atom is -0.378 e. The highest BCUT2D eigenvalue weighted by atomic mass is 32.2. The van der Waals surface area contributed by atoms with Gasteiger partial charge in [0.05, 0.1) is 10.5 Å². The molecule has 0 unspecified atom stereocenters. The Hall–Kier alpha value is -2.69. The SMILES string of the molecule is O=C([C@H](O)c1ccccc1)N1CC2=C(C1)CN(S(=O)(=O)c1cccc(C(F)(F)F)c1)C2. The molecule has 6 nitrogen and oxygen atoms in total. The number of carbonyl (C=O) groups excluding carboxylic acids is 1. The number of amides is 1. The summed E-state index contributed by atoms with van der Waals surface area (Å²) in [4.78, 5) is 13.7. The Balaban J connectivity index is 1.44. The first-order valence-corrected chi connectivity index (χ1v) is 10.9. The molecule has 0 spiro atoms. The summed E-state index contributed by atoms with van der Waals surface area (Å²) in [5.74, 6) is -0.479. The van der Waals surface area contributed by atoms with Gasteiger partial charge in [0.1, 0.15) is 0 Å². The first-order chi connectivity index (χ1) is 14.6. The Morgan fingerprint density at radius 2 is 1.55 bits per heavy atom. The van der Waals surface area contributed by atoms with Crippen LogP contribution in [0.25, 0.3) is 0 Å². The number of rotatable bonds is 4. The van der Waals surface area contributed by atoms with Gasteiger partial charge >= 0.3 is 6.18 Å². The third-order valence-corrected chi connectivity index (χ3v) is 7.25. The molecule has 2 aromatic carbocycles. The molecule has 1 atom stereocenters. The third kappa shape index (κ3) is 4.10. The lowest BCUT2D eigenvalue weighted by Gasteiger charge is -2.24. The molecule has 0 saturated heterocycles. The van der Waals surface area contributed by atoms with Gasteiger partial charge in [0, 0.05) is 26.2 Å². The second-order valence-electron chi connectivity index (χ2n) is 7.51. The van der Waals surface area contributed by atoms with Gasteiger partial charge in [-0.25, -0.2) is 8.42 Å². The Morgan fingerprint density at radius 1 is 0.935 bits per heavy atom. The van der Waals surface area contributed by atoms with Crippen LogP contribution in [0.15, 0.2) is 70.6 Å². The van der Waals surface area contributed by atoms with E-state index in [9.17, 15) is 31.5 Å². The maximum Gasteiger partial charge on any atom is 0.416 e. The fourth-order valence-corrected chi connectivity index (χ4v) is 5.28. The zero-order valence-electron chi connectivity index (χ0n) is 16.2. The van der Waals surface area contributed by atoms with Crippen molar-refractivity contribution in [1.82, 2.24) is 9.21 Å². The minimum atomic E-state index is -4.64. The van der Waals surface area contributed by atoms with Crippen LogP contribution in [0.5, 0.6) is 0 Å². The summed E-state index contributed by atoms with van der Waals surface area (Å²) in [6.45, 7) is 0.345. The zero-order chi connectivity index (χ0) is 22.4. The summed E-state index contributed by atoms with van der Waals surface area (Å²) in [7, 11) is -4.12. The zero-order valence-corrected chi connectivity index (χ0v) is 17.0. The standard InChI is InChI=1S/C21H19F3N2O4S/c22-21(23,24)17-7-4-8-18(9-17)31(29,30)26-12-15-10-25(11-16(15)13-26)20(28)19(27)14-5-2-1-3-6-14/h1-9,19,27H,10-13H2/t19-/m1/s1. The summed E-state index contributed by atoms with van der Waals surface area (Å²) in [5, 5.41) is 10.3. The number of alkyl halides is 3. The third-order valence-electron chi connectivity index (χ3n) is 5.46. The molecular formula is C21H19F3N2O4S. The number of aliphatic hydroxyl groups is 1. The van der Waals surface area contributed by atoms with Gasteiger partial charge in [0.15, 0.2) is 6.10 Å². The predicted molar refractivity (Wildman–Crippen MR) is 105 cm³/mol. The Morgan fingerprint density at radius 3 is 2.13 bits per heavy atom. The summed E-state index contributed by atoms with van der Waals surface area (Å²) in [6.07, 6.45) is -5.96. The smallest absolute Gasteiger partial charge is 0.378 e. The molecule has 0 aromatic heterocycles. The average molecular weight is 452 g/mol. The van der Waals surface area contributed by atoms with E-state index in [1.165, 1.54) is 4.90 Å². The van der Waals surface area contributed by atoms with Crippen molar-refractivity contribution in [3.05, 3.63) is 76.9 Å². The molecule has 1 amide bonds. The van der Waals surface area contributed by atoms with Crippen LogP contribution in [0.2, 0.25) is 0 Å². The van der Waals surface area contributed by atoms with Crippen molar-refractivity contribution in [3.63, 3.8) is 0 Å². The predicted octanol–water partition coefficient (Wildman–Crippen LogP) is 2.58. The first kappa shape index (κ1) is 21.5. The lowest BCUT2D eigenvalue weighted by atomic mass is 10.1. The molecule has 2 aliphatic heterocycles. The van der Waals surface area contributed by atoms with Gasteiger partial charge in [0.2, 0.25) is 10.0 Å². The van der Waals surface area contributed by atoms with Crippen LogP contribution >= 0.6 is 0 Å². The van der Waals surface area contributed by atoms with Gasteiger partial charge in [-0.2, -0.15) is 17.5 Å². The fourth-order valence-electron chi connectivity index (χ4n) is 3.80. The van der Waals surface area contributed by atoms with E-state index in [0.29, 0.717) is 11.6 Å². The number of benzene rings is 2. The van der Waals surface area contributed by atoms with Crippen molar-refractivity contribution in [2.24, 2.45) is 0 Å². The van der Waals surface area contributed by atoms with Gasteiger partial charge < -0.3 is 10.0 Å². The maximum atomic E-state index is 13.0. The summed E-state index contributed by atoms with van der Waals surface area (Å²) in [5.41, 5.74) is 0.890. The molecule has 2 aliphatic rings. The quantitative estimate of drug-likeness (QED) is 0.724. The average Bonchev–Trinajstić information content (AvgIpc) is 3.33. The number of carbonyl (C=O) groups is 1. The van der Waals surface area contributed by atoms with E-state index in [4.69, 9.17) is 0 Å². The van der Waals surface area contributed by atoms with Crippen molar-refractivity contribution in [3.8, 4) is 0 Å². The molecule has 0 saturated carbocycles. The second kappa shape index (κ2) is 7.77. The normalized spacial score (nSPS) is 18.4. The lowest BCUT2D eigenvalue weighted by Crippen LogP contribution is -2.38. The molecule has 2 aromatic rings. The van der Waals surface area contributed by atoms with Gasteiger partial charge in [-0.05, 0) is 34.9 Å². The molecule has 4 rings (SSSR count). The number of sulfonamides is 1.